The van der Waals surface area contributed by atoms with E-state index in [0.29, 0.717) is 11.1 Å². The maximum Gasteiger partial charge on any atom is 0.328 e. The highest BCUT2D eigenvalue weighted by atomic mass is 32.2. The van der Waals surface area contributed by atoms with Gasteiger partial charge in [-0.15, -0.1) is 0 Å². The van der Waals surface area contributed by atoms with Gasteiger partial charge in [-0.1, -0.05) is 23.8 Å². The molecule has 0 fully saturated rings. The quantitative estimate of drug-likeness (QED) is 0.793. The molecule has 2 rings (SSSR count). The Morgan fingerprint density at radius 2 is 1.73 bits per heavy atom. The van der Waals surface area contributed by atoms with Crippen molar-refractivity contribution in [3.05, 3.63) is 41.5 Å². The van der Waals surface area contributed by atoms with Crippen LogP contribution in [0.4, 0.5) is 0 Å². The van der Waals surface area contributed by atoms with E-state index in [1.54, 1.807) is 25.1 Å². The van der Waals surface area contributed by atoms with E-state index < -0.39 is 20.6 Å². The molecule has 0 bridgehead atoms. The molecule has 1 atom stereocenters. The summed E-state index contributed by atoms with van der Waals surface area (Å²) in [7, 11) is -2.82. The van der Waals surface area contributed by atoms with Crippen molar-refractivity contribution in [1.29, 1.82) is 0 Å². The lowest BCUT2D eigenvalue weighted by Crippen LogP contribution is -2.45. The summed E-state index contributed by atoms with van der Waals surface area (Å²) in [4.78, 5) is 24.1. The van der Waals surface area contributed by atoms with E-state index in [-0.39, 0.29) is 23.5 Å². The number of ether oxygens (including phenoxy) is 1. The fourth-order valence-corrected chi connectivity index (χ4v) is 4.92. The third kappa shape index (κ3) is 2.37. The van der Waals surface area contributed by atoms with Gasteiger partial charge in [0.25, 0.3) is 0 Å². The topological polar surface area (TPSA) is 77.5 Å². The molecule has 0 heterocycles. The molecule has 1 aromatic rings. The highest BCUT2D eigenvalue weighted by Gasteiger charge is 2.56. The summed E-state index contributed by atoms with van der Waals surface area (Å²) in [5, 5.41) is 0. The first kappa shape index (κ1) is 16.4. The van der Waals surface area contributed by atoms with Crippen LogP contribution in [0.2, 0.25) is 0 Å². The van der Waals surface area contributed by atoms with E-state index in [0.717, 1.165) is 7.11 Å². The molecule has 1 unspecified atom stereocenters. The second-order valence-electron chi connectivity index (χ2n) is 5.47. The highest BCUT2D eigenvalue weighted by molar-refractivity contribution is 7.93. The molecule has 1 aliphatic carbocycles. The van der Waals surface area contributed by atoms with Crippen LogP contribution in [0.15, 0.2) is 46.4 Å². The summed E-state index contributed by atoms with van der Waals surface area (Å²) in [6.07, 6.45) is -0.163. The van der Waals surface area contributed by atoms with Gasteiger partial charge in [0.2, 0.25) is 0 Å². The van der Waals surface area contributed by atoms with Crippen LogP contribution in [0.5, 0.6) is 0 Å². The maximum absolute atomic E-state index is 13.0. The molecule has 1 aliphatic rings. The van der Waals surface area contributed by atoms with Crippen molar-refractivity contribution in [3.63, 3.8) is 0 Å². The second-order valence-corrected chi connectivity index (χ2v) is 7.73. The van der Waals surface area contributed by atoms with Crippen molar-refractivity contribution in [2.24, 2.45) is 0 Å². The van der Waals surface area contributed by atoms with E-state index in [4.69, 9.17) is 4.74 Å². The lowest BCUT2D eigenvalue weighted by Gasteiger charge is -2.26. The molecular weight excluding hydrogens is 304 g/mol. The van der Waals surface area contributed by atoms with Gasteiger partial charge in [0.05, 0.1) is 12.0 Å². The van der Waals surface area contributed by atoms with Crippen molar-refractivity contribution < 1.29 is 22.7 Å². The maximum atomic E-state index is 13.0. The number of esters is 1. The van der Waals surface area contributed by atoms with Crippen LogP contribution in [0, 0.1) is 0 Å². The van der Waals surface area contributed by atoms with E-state index in [1.165, 1.54) is 19.1 Å². The predicted octanol–water partition coefficient (Wildman–Crippen LogP) is 2.07. The third-order valence-electron chi connectivity index (χ3n) is 4.08. The van der Waals surface area contributed by atoms with Crippen LogP contribution in [0.3, 0.4) is 0 Å². The molecule has 0 saturated carbocycles. The van der Waals surface area contributed by atoms with Crippen LogP contribution in [-0.2, 0) is 24.2 Å². The zero-order valence-electron chi connectivity index (χ0n) is 12.8. The number of carbonyl (C=O) groups excluding carboxylic acids is 2. The number of sulfone groups is 1. The molecule has 0 spiro atoms. The fourth-order valence-electron chi connectivity index (χ4n) is 2.91. The molecule has 22 heavy (non-hydrogen) atoms. The van der Waals surface area contributed by atoms with Crippen molar-refractivity contribution in [2.75, 3.05) is 7.11 Å². The minimum Gasteiger partial charge on any atom is -0.468 e. The summed E-state index contributed by atoms with van der Waals surface area (Å²) in [5.74, 6) is -1.04. The predicted molar refractivity (Wildman–Crippen MR) is 81.0 cm³/mol. The van der Waals surface area contributed by atoms with Gasteiger partial charge in [0.15, 0.2) is 20.4 Å². The van der Waals surface area contributed by atoms with Crippen LogP contribution in [0.1, 0.15) is 26.7 Å². The number of hydrogen-bond donors (Lipinski definition) is 0. The van der Waals surface area contributed by atoms with Crippen LogP contribution in [-0.4, -0.2) is 32.0 Å². The van der Waals surface area contributed by atoms with E-state index in [2.05, 4.69) is 0 Å². The minimum absolute atomic E-state index is 0.0220. The lowest BCUT2D eigenvalue weighted by atomic mass is 10.0. The van der Waals surface area contributed by atoms with Crippen molar-refractivity contribution in [1.82, 2.24) is 0 Å². The highest BCUT2D eigenvalue weighted by Crippen LogP contribution is 2.44. The summed E-state index contributed by atoms with van der Waals surface area (Å²) >= 11 is 0. The number of hydrogen-bond acceptors (Lipinski definition) is 5. The van der Waals surface area contributed by atoms with Gasteiger partial charge < -0.3 is 4.74 Å². The largest absolute Gasteiger partial charge is 0.468 e. The number of allylic oxidation sites excluding steroid dienone is 2. The summed E-state index contributed by atoms with van der Waals surface area (Å²) in [6, 6.07) is 7.78. The number of methoxy groups -OCH3 is 1. The zero-order valence-corrected chi connectivity index (χ0v) is 13.6. The first-order valence-electron chi connectivity index (χ1n) is 6.84. The van der Waals surface area contributed by atoms with Crippen molar-refractivity contribution >= 4 is 21.6 Å². The lowest BCUT2D eigenvalue weighted by molar-refractivity contribution is -0.143. The first-order valence-corrected chi connectivity index (χ1v) is 8.32. The second kappa shape index (κ2) is 5.68. The first-order chi connectivity index (χ1) is 10.3. The molecule has 0 amide bonds. The normalized spacial score (nSPS) is 21.8. The Labute approximate surface area is 129 Å². The van der Waals surface area contributed by atoms with Gasteiger partial charge in [-0.05, 0) is 38.0 Å². The number of carbonyl (C=O) groups is 2. The fraction of sp³-hybridized carbons (Fsp3) is 0.375. The van der Waals surface area contributed by atoms with Crippen LogP contribution < -0.4 is 0 Å². The van der Waals surface area contributed by atoms with Crippen molar-refractivity contribution in [2.45, 2.75) is 36.3 Å². The Bertz CT molecular complexity index is 746. The molecule has 6 heteroatoms. The Kier molecular flexibility index (Phi) is 4.24. The molecule has 118 valence electrons. The van der Waals surface area contributed by atoms with Crippen molar-refractivity contribution in [3.8, 4) is 0 Å². The van der Waals surface area contributed by atoms with Gasteiger partial charge in [-0.25, -0.2) is 8.42 Å². The molecule has 0 aromatic heterocycles. The van der Waals surface area contributed by atoms with Crippen LogP contribution >= 0.6 is 0 Å². The molecule has 0 radical (unpaired) electrons. The van der Waals surface area contributed by atoms with Gasteiger partial charge in [0, 0.05) is 6.42 Å². The van der Waals surface area contributed by atoms with Crippen LogP contribution in [0.25, 0.3) is 0 Å². The van der Waals surface area contributed by atoms with Gasteiger partial charge in [-0.3, -0.25) is 9.59 Å². The summed E-state index contributed by atoms with van der Waals surface area (Å²) in [5.41, 5.74) is 1.02. The molecule has 0 aliphatic heterocycles. The van der Waals surface area contributed by atoms with Gasteiger partial charge >= 0.3 is 5.97 Å². The number of ketones is 1. The van der Waals surface area contributed by atoms with Gasteiger partial charge in [0.1, 0.15) is 0 Å². The Morgan fingerprint density at radius 1 is 1.14 bits per heavy atom. The van der Waals surface area contributed by atoms with E-state index in [9.17, 15) is 18.0 Å². The molecule has 0 saturated heterocycles. The van der Waals surface area contributed by atoms with E-state index >= 15 is 0 Å². The Morgan fingerprint density at radius 3 is 2.18 bits per heavy atom. The average Bonchev–Trinajstić information content (AvgIpc) is 2.87. The Balaban J connectivity index is 2.60. The molecule has 5 nitrogen and oxygen atoms in total. The smallest absolute Gasteiger partial charge is 0.328 e. The monoisotopic (exact) mass is 322 g/mol. The number of Topliss-reactive ketones (excluding diaryl/α,β-unsaturated/α-hetero) is 1. The zero-order chi connectivity index (χ0) is 16.5. The summed E-state index contributed by atoms with van der Waals surface area (Å²) < 4.78 is 29.1. The minimum atomic E-state index is -3.98. The molecule has 1 aromatic carbocycles. The SMILES string of the molecule is COC(=O)C1(S(=O)(=O)c2ccccc2)CC(C)=C(C(C)=O)C1. The molecular formula is C16H18O5S. The average molecular weight is 322 g/mol. The number of rotatable bonds is 4. The number of benzene rings is 1. The standard InChI is InChI=1S/C16H18O5S/c1-11-9-16(15(18)21-3,10-14(11)12(2)17)22(19,20)13-7-5-4-6-8-13/h4-8H,9-10H2,1-3H3. The van der Waals surface area contributed by atoms with E-state index in [1.807, 2.05) is 0 Å². The molecule has 0 N–H and O–H groups in total. The Hall–Kier alpha value is -1.95. The third-order valence-corrected chi connectivity index (χ3v) is 6.46. The van der Waals surface area contributed by atoms with Gasteiger partial charge in [-0.2, -0.15) is 0 Å². The summed E-state index contributed by atoms with van der Waals surface area (Å²) in [6.45, 7) is 3.06.